The summed E-state index contributed by atoms with van der Waals surface area (Å²) in [6.07, 6.45) is 1.42. The molecular formula is C34H34ClN3O6. The predicted octanol–water partition coefficient (Wildman–Crippen LogP) is 6.72. The van der Waals surface area contributed by atoms with Crippen molar-refractivity contribution in [1.29, 1.82) is 0 Å². The van der Waals surface area contributed by atoms with Gasteiger partial charge in [0.15, 0.2) is 29.6 Å². The van der Waals surface area contributed by atoms with Crippen LogP contribution in [0.3, 0.4) is 0 Å². The van der Waals surface area contributed by atoms with Gasteiger partial charge in [0.05, 0.1) is 25.0 Å². The molecule has 0 aromatic heterocycles. The third kappa shape index (κ3) is 8.75. The summed E-state index contributed by atoms with van der Waals surface area (Å²) in [6, 6.07) is 23.7. The van der Waals surface area contributed by atoms with E-state index in [2.05, 4.69) is 15.8 Å². The Morgan fingerprint density at radius 2 is 1.68 bits per heavy atom. The largest absolute Gasteiger partial charge is 0.493 e. The number of benzene rings is 4. The summed E-state index contributed by atoms with van der Waals surface area (Å²) in [5.74, 6) is 0.718. The minimum absolute atomic E-state index is 0.212. The molecule has 0 unspecified atom stereocenters. The number of anilines is 1. The number of nitrogens with zero attached hydrogens (tertiary/aromatic N) is 1. The summed E-state index contributed by atoms with van der Waals surface area (Å²) < 4.78 is 22.7. The van der Waals surface area contributed by atoms with Crippen LogP contribution < -0.4 is 29.7 Å². The number of rotatable bonds is 13. The van der Waals surface area contributed by atoms with Crippen molar-refractivity contribution in [3.8, 4) is 23.0 Å². The van der Waals surface area contributed by atoms with Gasteiger partial charge < -0.3 is 24.3 Å². The summed E-state index contributed by atoms with van der Waals surface area (Å²) in [5, 5.41) is 7.10. The van der Waals surface area contributed by atoms with Crippen LogP contribution in [-0.2, 0) is 11.4 Å². The zero-order chi connectivity index (χ0) is 31.5. The molecule has 0 aliphatic carbocycles. The smallest absolute Gasteiger partial charge is 0.271 e. The van der Waals surface area contributed by atoms with E-state index >= 15 is 0 Å². The van der Waals surface area contributed by atoms with Crippen LogP contribution >= 0.6 is 11.6 Å². The Hall–Kier alpha value is -5.02. The number of carbonyl (C=O) groups is 2. The Kier molecular flexibility index (Phi) is 11.2. The van der Waals surface area contributed by atoms with Crippen LogP contribution in [-0.4, -0.2) is 38.4 Å². The van der Waals surface area contributed by atoms with Crippen molar-refractivity contribution in [2.24, 2.45) is 5.10 Å². The Bertz CT molecular complexity index is 1640. The van der Waals surface area contributed by atoms with Gasteiger partial charge in [0, 0.05) is 11.3 Å². The van der Waals surface area contributed by atoms with Crippen LogP contribution in [0.2, 0.25) is 5.02 Å². The van der Waals surface area contributed by atoms with E-state index in [0.29, 0.717) is 47.3 Å². The van der Waals surface area contributed by atoms with Crippen LogP contribution in [0.4, 0.5) is 5.69 Å². The molecule has 0 aliphatic rings. The first kappa shape index (κ1) is 31.9. The molecule has 0 saturated carbocycles. The fraction of sp³-hybridized carbons (Fsp3) is 0.206. The van der Waals surface area contributed by atoms with Gasteiger partial charge in [-0.05, 0) is 73.9 Å². The maximum absolute atomic E-state index is 12.8. The highest BCUT2D eigenvalue weighted by molar-refractivity contribution is 6.32. The molecule has 0 saturated heterocycles. The Morgan fingerprint density at radius 3 is 2.41 bits per heavy atom. The van der Waals surface area contributed by atoms with Gasteiger partial charge in [0.1, 0.15) is 6.61 Å². The minimum Gasteiger partial charge on any atom is -0.493 e. The number of hydrogen-bond donors (Lipinski definition) is 2. The zero-order valence-corrected chi connectivity index (χ0v) is 25.7. The number of carbonyl (C=O) groups excluding carboxylic acids is 2. The van der Waals surface area contributed by atoms with E-state index in [1.54, 1.807) is 30.3 Å². The van der Waals surface area contributed by atoms with Crippen LogP contribution in [0.15, 0.2) is 84.0 Å². The topological polar surface area (TPSA) is 107 Å². The molecule has 228 valence electrons. The van der Waals surface area contributed by atoms with E-state index in [-0.39, 0.29) is 23.3 Å². The molecule has 4 aromatic rings. The fourth-order valence-electron chi connectivity index (χ4n) is 4.23. The Balaban J connectivity index is 1.37. The van der Waals surface area contributed by atoms with Crippen molar-refractivity contribution in [2.75, 3.05) is 25.6 Å². The maximum atomic E-state index is 12.8. The van der Waals surface area contributed by atoms with Gasteiger partial charge in [0.2, 0.25) is 0 Å². The van der Waals surface area contributed by atoms with Crippen molar-refractivity contribution in [1.82, 2.24) is 5.43 Å². The van der Waals surface area contributed by atoms with E-state index in [9.17, 15) is 9.59 Å². The van der Waals surface area contributed by atoms with E-state index in [0.717, 1.165) is 16.7 Å². The number of methoxy groups -OCH3 is 1. The summed E-state index contributed by atoms with van der Waals surface area (Å²) in [7, 11) is 1.46. The first-order valence-corrected chi connectivity index (χ1v) is 14.3. The van der Waals surface area contributed by atoms with Gasteiger partial charge in [-0.25, -0.2) is 5.43 Å². The summed E-state index contributed by atoms with van der Waals surface area (Å²) in [5.41, 5.74) is 7.16. The van der Waals surface area contributed by atoms with E-state index < -0.39 is 5.91 Å². The van der Waals surface area contributed by atoms with Gasteiger partial charge in [-0.15, -0.1) is 0 Å². The molecule has 0 radical (unpaired) electrons. The third-order valence-electron chi connectivity index (χ3n) is 6.38. The Morgan fingerprint density at radius 1 is 0.886 bits per heavy atom. The number of hydrogen-bond acceptors (Lipinski definition) is 7. The fourth-order valence-corrected chi connectivity index (χ4v) is 4.51. The van der Waals surface area contributed by atoms with Crippen molar-refractivity contribution in [3.05, 3.63) is 112 Å². The van der Waals surface area contributed by atoms with E-state index in [1.165, 1.54) is 13.3 Å². The average Bonchev–Trinajstić information content (AvgIpc) is 3.01. The van der Waals surface area contributed by atoms with Crippen LogP contribution in [0.5, 0.6) is 23.0 Å². The lowest BCUT2D eigenvalue weighted by molar-refractivity contribution is -0.118. The van der Waals surface area contributed by atoms with Crippen molar-refractivity contribution < 1.29 is 28.5 Å². The van der Waals surface area contributed by atoms with Crippen molar-refractivity contribution in [3.63, 3.8) is 0 Å². The molecule has 4 aromatic carbocycles. The third-order valence-corrected chi connectivity index (χ3v) is 6.66. The van der Waals surface area contributed by atoms with Gasteiger partial charge in [-0.1, -0.05) is 59.6 Å². The second-order valence-corrected chi connectivity index (χ2v) is 10.2. The number of amides is 2. The average molecular weight is 616 g/mol. The second-order valence-electron chi connectivity index (χ2n) is 9.76. The standard InChI is InChI=1S/C34H34ClN3O6/c1-5-42-30-18-26(12-14-29(30)43-20-24-9-7-6-8-10-24)34(40)38-36-19-25-16-27(35)33(31(17-25)41-4)44-21-32(39)37-28-13-11-22(2)15-23(28)3/h6-19H,5,20-21H2,1-4H3,(H,37,39)(H,38,40)/b36-19+. The molecule has 9 nitrogen and oxygen atoms in total. The van der Waals surface area contributed by atoms with Gasteiger partial charge >= 0.3 is 0 Å². The maximum Gasteiger partial charge on any atom is 0.271 e. The number of halogens is 1. The number of nitrogens with one attached hydrogen (secondary N) is 2. The second kappa shape index (κ2) is 15.5. The van der Waals surface area contributed by atoms with E-state index in [1.807, 2.05) is 69.3 Å². The molecule has 2 N–H and O–H groups in total. The molecule has 0 aliphatic heterocycles. The molecule has 4 rings (SSSR count). The molecule has 0 fully saturated rings. The zero-order valence-electron chi connectivity index (χ0n) is 25.0. The van der Waals surface area contributed by atoms with Crippen LogP contribution in [0, 0.1) is 13.8 Å². The molecule has 0 heterocycles. The lowest BCUT2D eigenvalue weighted by atomic mass is 10.1. The van der Waals surface area contributed by atoms with Crippen LogP contribution in [0.1, 0.15) is 39.5 Å². The monoisotopic (exact) mass is 615 g/mol. The quantitative estimate of drug-likeness (QED) is 0.128. The summed E-state index contributed by atoms with van der Waals surface area (Å²) in [4.78, 5) is 25.3. The Labute approximate surface area is 261 Å². The summed E-state index contributed by atoms with van der Waals surface area (Å²) >= 11 is 6.45. The molecular weight excluding hydrogens is 582 g/mol. The van der Waals surface area contributed by atoms with E-state index in [4.69, 9.17) is 30.5 Å². The molecule has 10 heteroatoms. The summed E-state index contributed by atoms with van der Waals surface area (Å²) in [6.45, 7) is 6.26. The number of aryl methyl sites for hydroxylation is 2. The number of ether oxygens (including phenoxy) is 4. The highest BCUT2D eigenvalue weighted by Crippen LogP contribution is 2.36. The van der Waals surface area contributed by atoms with Gasteiger partial charge in [-0.2, -0.15) is 5.10 Å². The van der Waals surface area contributed by atoms with Crippen molar-refractivity contribution in [2.45, 2.75) is 27.4 Å². The molecule has 0 spiro atoms. The highest BCUT2D eigenvalue weighted by atomic mass is 35.5. The number of hydrazone groups is 1. The molecule has 44 heavy (non-hydrogen) atoms. The molecule has 2 amide bonds. The SMILES string of the molecule is CCOc1cc(C(=O)N/N=C/c2cc(Cl)c(OCC(=O)Nc3ccc(C)cc3C)c(OC)c2)ccc1OCc1ccccc1. The first-order valence-electron chi connectivity index (χ1n) is 13.9. The lowest BCUT2D eigenvalue weighted by Crippen LogP contribution is -2.21. The van der Waals surface area contributed by atoms with Gasteiger partial charge in [0.25, 0.3) is 11.8 Å². The normalized spacial score (nSPS) is 10.8. The minimum atomic E-state index is -0.440. The van der Waals surface area contributed by atoms with Crippen LogP contribution in [0.25, 0.3) is 0 Å². The first-order chi connectivity index (χ1) is 21.3. The molecule has 0 atom stereocenters. The lowest BCUT2D eigenvalue weighted by Gasteiger charge is -2.14. The molecule has 0 bridgehead atoms. The predicted molar refractivity (Wildman–Crippen MR) is 171 cm³/mol. The van der Waals surface area contributed by atoms with Gasteiger partial charge in [-0.3, -0.25) is 9.59 Å². The highest BCUT2D eigenvalue weighted by Gasteiger charge is 2.15. The van der Waals surface area contributed by atoms with Crippen molar-refractivity contribution >= 4 is 35.3 Å².